The number of alkyl halides is 3. The summed E-state index contributed by atoms with van der Waals surface area (Å²) in [6.07, 6.45) is -2.37. The molecule has 0 aliphatic heterocycles. The molecule has 138 valence electrons. The van der Waals surface area contributed by atoms with Gasteiger partial charge in [0, 0.05) is 6.04 Å². The molecule has 1 saturated carbocycles. The second-order valence-electron chi connectivity index (χ2n) is 7.06. The number of rotatable bonds is 4. The predicted molar refractivity (Wildman–Crippen MR) is 86.0 cm³/mol. The fourth-order valence-electron chi connectivity index (χ4n) is 3.07. The van der Waals surface area contributed by atoms with Gasteiger partial charge in [0.05, 0.1) is 16.9 Å². The first-order valence-electron chi connectivity index (χ1n) is 8.23. The summed E-state index contributed by atoms with van der Waals surface area (Å²) in [6.45, 7) is 3.17. The van der Waals surface area contributed by atoms with Gasteiger partial charge in [-0.1, -0.05) is 18.2 Å². The lowest BCUT2D eigenvalue weighted by Crippen LogP contribution is -2.46. The molecule has 0 radical (unpaired) electrons. The molecule has 1 aromatic rings. The third kappa shape index (κ3) is 4.52. The second-order valence-corrected chi connectivity index (χ2v) is 7.06. The highest BCUT2D eigenvalue weighted by Gasteiger charge is 2.36. The number of nitrogens with one attached hydrogen (secondary N) is 1. The number of carbonyl (C=O) groups is 2. The SMILES string of the molecule is CC(C)(C(=O)NC1CCC(C(=O)O)CC1)c1cccc(C(F)(F)F)c1. The van der Waals surface area contributed by atoms with Crippen LogP contribution in [0.2, 0.25) is 0 Å². The Hall–Kier alpha value is -2.05. The molecule has 0 unspecified atom stereocenters. The number of amides is 1. The smallest absolute Gasteiger partial charge is 0.416 e. The third-order valence-corrected chi connectivity index (χ3v) is 4.89. The maximum Gasteiger partial charge on any atom is 0.416 e. The van der Waals surface area contributed by atoms with Crippen LogP contribution >= 0.6 is 0 Å². The maximum absolute atomic E-state index is 12.9. The van der Waals surface area contributed by atoms with E-state index in [2.05, 4.69) is 5.32 Å². The zero-order chi connectivity index (χ0) is 18.8. The molecule has 1 aliphatic rings. The summed E-state index contributed by atoms with van der Waals surface area (Å²) in [4.78, 5) is 23.6. The number of benzene rings is 1. The van der Waals surface area contributed by atoms with Crippen molar-refractivity contribution in [1.82, 2.24) is 5.32 Å². The molecule has 4 nitrogen and oxygen atoms in total. The van der Waals surface area contributed by atoms with Gasteiger partial charge in [-0.2, -0.15) is 13.2 Å². The molecular formula is C18H22F3NO3. The van der Waals surface area contributed by atoms with Crippen LogP contribution in [0.4, 0.5) is 13.2 Å². The topological polar surface area (TPSA) is 66.4 Å². The van der Waals surface area contributed by atoms with E-state index in [1.807, 2.05) is 0 Å². The Bertz CT molecular complexity index is 647. The molecule has 2 rings (SSSR count). The number of hydrogen-bond acceptors (Lipinski definition) is 2. The zero-order valence-electron chi connectivity index (χ0n) is 14.2. The van der Waals surface area contributed by atoms with E-state index in [9.17, 15) is 22.8 Å². The second kappa shape index (κ2) is 7.06. The van der Waals surface area contributed by atoms with Gasteiger partial charge in [-0.25, -0.2) is 0 Å². The molecule has 7 heteroatoms. The van der Waals surface area contributed by atoms with Crippen molar-refractivity contribution in [2.45, 2.75) is 57.2 Å². The Morgan fingerprint density at radius 2 is 1.64 bits per heavy atom. The first-order chi connectivity index (χ1) is 11.5. The summed E-state index contributed by atoms with van der Waals surface area (Å²) in [5, 5.41) is 11.9. The van der Waals surface area contributed by atoms with Gasteiger partial charge in [0.2, 0.25) is 5.91 Å². The lowest BCUT2D eigenvalue weighted by atomic mass is 9.81. The van der Waals surface area contributed by atoms with Gasteiger partial charge in [0.15, 0.2) is 0 Å². The van der Waals surface area contributed by atoms with Crippen LogP contribution in [-0.2, 0) is 21.2 Å². The van der Waals surface area contributed by atoms with Crippen LogP contribution in [0.15, 0.2) is 24.3 Å². The van der Waals surface area contributed by atoms with E-state index in [-0.39, 0.29) is 17.9 Å². The minimum Gasteiger partial charge on any atom is -0.481 e. The third-order valence-electron chi connectivity index (χ3n) is 4.89. The van der Waals surface area contributed by atoms with E-state index in [4.69, 9.17) is 5.11 Å². The van der Waals surface area contributed by atoms with Crippen LogP contribution in [0, 0.1) is 5.92 Å². The van der Waals surface area contributed by atoms with Crippen molar-refractivity contribution in [1.29, 1.82) is 0 Å². The van der Waals surface area contributed by atoms with Gasteiger partial charge in [-0.3, -0.25) is 9.59 Å². The molecule has 0 saturated heterocycles. The van der Waals surface area contributed by atoms with E-state index in [0.29, 0.717) is 31.2 Å². The molecule has 0 atom stereocenters. The molecule has 1 fully saturated rings. The van der Waals surface area contributed by atoms with Crippen molar-refractivity contribution < 1.29 is 27.9 Å². The Balaban J connectivity index is 2.07. The van der Waals surface area contributed by atoms with Crippen LogP contribution < -0.4 is 5.32 Å². The van der Waals surface area contributed by atoms with Crippen molar-refractivity contribution in [3.63, 3.8) is 0 Å². The molecule has 2 N–H and O–H groups in total. The Kier molecular flexibility index (Phi) is 5.44. The first-order valence-corrected chi connectivity index (χ1v) is 8.23. The number of halogens is 3. The molecule has 0 heterocycles. The Morgan fingerprint density at radius 3 is 2.16 bits per heavy atom. The molecule has 0 aromatic heterocycles. The van der Waals surface area contributed by atoms with E-state index in [1.165, 1.54) is 12.1 Å². The molecular weight excluding hydrogens is 335 g/mol. The van der Waals surface area contributed by atoms with Crippen molar-refractivity contribution in [3.8, 4) is 0 Å². The summed E-state index contributed by atoms with van der Waals surface area (Å²) in [5.41, 5.74) is -1.61. The Morgan fingerprint density at radius 1 is 1.08 bits per heavy atom. The monoisotopic (exact) mass is 357 g/mol. The lowest BCUT2D eigenvalue weighted by molar-refractivity contribution is -0.143. The van der Waals surface area contributed by atoms with Gasteiger partial charge in [-0.05, 0) is 51.2 Å². The molecule has 1 aromatic carbocycles. The summed E-state index contributed by atoms with van der Waals surface area (Å²) < 4.78 is 38.6. The molecule has 0 spiro atoms. The maximum atomic E-state index is 12.9. The number of carbonyl (C=O) groups excluding carboxylic acids is 1. The summed E-state index contributed by atoms with van der Waals surface area (Å²) in [6, 6.07) is 4.64. The van der Waals surface area contributed by atoms with Crippen LogP contribution in [-0.4, -0.2) is 23.0 Å². The lowest BCUT2D eigenvalue weighted by Gasteiger charge is -2.31. The van der Waals surface area contributed by atoms with Crippen LogP contribution in [0.1, 0.15) is 50.7 Å². The van der Waals surface area contributed by atoms with E-state index < -0.39 is 23.1 Å². The fraction of sp³-hybridized carbons (Fsp3) is 0.556. The first kappa shape index (κ1) is 19.3. The van der Waals surface area contributed by atoms with E-state index in [1.54, 1.807) is 13.8 Å². The summed E-state index contributed by atoms with van der Waals surface area (Å²) in [7, 11) is 0. The predicted octanol–water partition coefficient (Wildman–Crippen LogP) is 3.74. The molecule has 25 heavy (non-hydrogen) atoms. The highest BCUT2D eigenvalue weighted by Crippen LogP contribution is 2.33. The van der Waals surface area contributed by atoms with Gasteiger partial charge in [0.25, 0.3) is 0 Å². The molecule has 0 bridgehead atoms. The summed E-state index contributed by atoms with van der Waals surface area (Å²) in [5.74, 6) is -1.57. The molecule has 1 amide bonds. The van der Waals surface area contributed by atoms with Crippen molar-refractivity contribution in [2.75, 3.05) is 0 Å². The van der Waals surface area contributed by atoms with E-state index >= 15 is 0 Å². The average Bonchev–Trinajstić information content (AvgIpc) is 2.54. The normalized spacial score (nSPS) is 21.6. The van der Waals surface area contributed by atoms with Crippen LogP contribution in [0.5, 0.6) is 0 Å². The van der Waals surface area contributed by atoms with Crippen LogP contribution in [0.25, 0.3) is 0 Å². The zero-order valence-corrected chi connectivity index (χ0v) is 14.2. The summed E-state index contributed by atoms with van der Waals surface area (Å²) >= 11 is 0. The minimum atomic E-state index is -4.46. The highest BCUT2D eigenvalue weighted by atomic mass is 19.4. The quantitative estimate of drug-likeness (QED) is 0.863. The number of hydrogen-bond donors (Lipinski definition) is 2. The highest BCUT2D eigenvalue weighted by molar-refractivity contribution is 5.87. The van der Waals surface area contributed by atoms with Gasteiger partial charge in [-0.15, -0.1) is 0 Å². The minimum absolute atomic E-state index is 0.145. The van der Waals surface area contributed by atoms with E-state index in [0.717, 1.165) is 12.1 Å². The van der Waals surface area contributed by atoms with Crippen molar-refractivity contribution in [3.05, 3.63) is 35.4 Å². The fourth-order valence-corrected chi connectivity index (χ4v) is 3.07. The Labute approximate surface area is 144 Å². The number of carboxylic acid groups (broad SMARTS) is 1. The van der Waals surface area contributed by atoms with Gasteiger partial charge in [0.1, 0.15) is 0 Å². The molecule has 1 aliphatic carbocycles. The van der Waals surface area contributed by atoms with Gasteiger partial charge < -0.3 is 10.4 Å². The van der Waals surface area contributed by atoms with Crippen molar-refractivity contribution in [2.24, 2.45) is 5.92 Å². The standard InChI is InChI=1S/C18H22F3NO3/c1-17(2,12-4-3-5-13(10-12)18(19,20)21)16(25)22-14-8-6-11(7-9-14)15(23)24/h3-5,10-11,14H,6-9H2,1-2H3,(H,22,25)(H,23,24). The number of carboxylic acids is 1. The van der Waals surface area contributed by atoms with Gasteiger partial charge >= 0.3 is 12.1 Å². The number of aliphatic carboxylic acids is 1. The average molecular weight is 357 g/mol. The largest absolute Gasteiger partial charge is 0.481 e. The van der Waals surface area contributed by atoms with Crippen molar-refractivity contribution >= 4 is 11.9 Å². The van der Waals surface area contributed by atoms with Crippen LogP contribution in [0.3, 0.4) is 0 Å².